The van der Waals surface area contributed by atoms with Crippen LogP contribution in [0.1, 0.15) is 20.7 Å². The lowest BCUT2D eigenvalue weighted by Gasteiger charge is -2.09. The van der Waals surface area contributed by atoms with Gasteiger partial charge in [-0.3, -0.25) is 0 Å². The Bertz CT molecular complexity index is 1430. The lowest BCUT2D eigenvalue weighted by atomic mass is 10.2. The average molecular weight is 635 g/mol. The number of rotatable bonds is 20. The molecule has 0 saturated heterocycles. The van der Waals surface area contributed by atoms with Gasteiger partial charge < -0.3 is 37.9 Å². The third-order valence-electron chi connectivity index (χ3n) is 5.69. The van der Waals surface area contributed by atoms with Gasteiger partial charge >= 0.3 is 23.9 Å². The van der Waals surface area contributed by atoms with Crippen molar-refractivity contribution in [3.05, 3.63) is 109 Å². The third-order valence-corrected chi connectivity index (χ3v) is 5.69. The molecule has 0 atom stereocenters. The maximum absolute atomic E-state index is 12.6. The van der Waals surface area contributed by atoms with Gasteiger partial charge in [0.1, 0.15) is 49.4 Å². The first kappa shape index (κ1) is 35.0. The van der Waals surface area contributed by atoms with Gasteiger partial charge in [-0.15, -0.1) is 0 Å². The Labute approximate surface area is 266 Å². The highest BCUT2D eigenvalue weighted by atomic mass is 16.6. The molecule has 46 heavy (non-hydrogen) atoms. The molecule has 0 fully saturated rings. The zero-order chi connectivity index (χ0) is 33.0. The Morgan fingerprint density at radius 3 is 1.17 bits per heavy atom. The summed E-state index contributed by atoms with van der Waals surface area (Å²) in [7, 11) is 0. The minimum atomic E-state index is -0.589. The van der Waals surface area contributed by atoms with Crippen molar-refractivity contribution in [1.29, 1.82) is 0 Å². The molecule has 0 aliphatic heterocycles. The summed E-state index contributed by atoms with van der Waals surface area (Å²) in [5.74, 6) is -0.519. The standard InChI is InChI=1S/C34H34O12/c1-3-31(35)43-23-19-39-17-21-41-27-9-5-25(6-10-27)33(37)45-29-11-7-26(8-12-29)34(38)46-30-15-13-28(14-16-30)42-22-18-40-20-24-44-32(36)4-2/h3-16H,1-2,17-24H2. The summed E-state index contributed by atoms with van der Waals surface area (Å²) in [5.41, 5.74) is 0.571. The summed E-state index contributed by atoms with van der Waals surface area (Å²) in [4.78, 5) is 47.0. The molecule has 0 unspecified atom stereocenters. The van der Waals surface area contributed by atoms with Crippen molar-refractivity contribution in [1.82, 2.24) is 0 Å². The summed E-state index contributed by atoms with van der Waals surface area (Å²) >= 11 is 0. The highest BCUT2D eigenvalue weighted by Gasteiger charge is 2.12. The van der Waals surface area contributed by atoms with Gasteiger partial charge in [-0.25, -0.2) is 19.2 Å². The van der Waals surface area contributed by atoms with Crippen LogP contribution in [0.4, 0.5) is 0 Å². The summed E-state index contributed by atoms with van der Waals surface area (Å²) in [6.07, 6.45) is 2.16. The molecule has 3 aromatic carbocycles. The Morgan fingerprint density at radius 1 is 0.457 bits per heavy atom. The van der Waals surface area contributed by atoms with E-state index in [1.54, 1.807) is 48.5 Å². The number of hydrogen-bond donors (Lipinski definition) is 0. The molecule has 0 aromatic heterocycles. The quantitative estimate of drug-likeness (QED) is 0.0754. The Kier molecular flexibility index (Phi) is 15.0. The molecule has 0 radical (unpaired) electrons. The third kappa shape index (κ3) is 13.0. The molecule has 3 rings (SSSR count). The molecule has 0 amide bonds. The molecular weight excluding hydrogens is 600 g/mol. The van der Waals surface area contributed by atoms with Crippen LogP contribution in [0.3, 0.4) is 0 Å². The number of carbonyl (C=O) groups excluding carboxylic acids is 4. The van der Waals surface area contributed by atoms with E-state index in [0.29, 0.717) is 29.4 Å². The largest absolute Gasteiger partial charge is 0.491 e. The van der Waals surface area contributed by atoms with E-state index >= 15 is 0 Å². The summed E-state index contributed by atoms with van der Waals surface area (Å²) in [6, 6.07) is 18.8. The smallest absolute Gasteiger partial charge is 0.343 e. The monoisotopic (exact) mass is 634 g/mol. The maximum Gasteiger partial charge on any atom is 0.343 e. The minimum absolute atomic E-state index is 0.125. The van der Waals surface area contributed by atoms with Crippen LogP contribution in [0.5, 0.6) is 23.0 Å². The second-order valence-corrected chi connectivity index (χ2v) is 8.96. The first-order chi connectivity index (χ1) is 22.4. The van der Waals surface area contributed by atoms with E-state index in [9.17, 15) is 19.2 Å². The first-order valence-electron chi connectivity index (χ1n) is 14.1. The SMILES string of the molecule is C=CC(=O)OCCOCCOc1ccc(OC(=O)c2ccc(OC(=O)c3ccc(OCCOCCOC(=O)C=C)cc3)cc2)cc1. The van der Waals surface area contributed by atoms with Gasteiger partial charge in [-0.1, -0.05) is 13.2 Å². The Morgan fingerprint density at radius 2 is 0.783 bits per heavy atom. The number of carbonyl (C=O) groups is 4. The van der Waals surface area contributed by atoms with Crippen molar-refractivity contribution in [2.24, 2.45) is 0 Å². The topological polar surface area (TPSA) is 142 Å². The van der Waals surface area contributed by atoms with Crippen molar-refractivity contribution < 1.29 is 57.1 Å². The molecule has 0 N–H and O–H groups in total. The molecule has 0 aliphatic rings. The van der Waals surface area contributed by atoms with E-state index in [-0.39, 0.29) is 57.6 Å². The van der Waals surface area contributed by atoms with Gasteiger partial charge in [0.05, 0.1) is 37.6 Å². The van der Waals surface area contributed by atoms with Crippen molar-refractivity contribution in [3.8, 4) is 23.0 Å². The molecule has 12 nitrogen and oxygen atoms in total. The van der Waals surface area contributed by atoms with E-state index in [4.69, 9.17) is 37.9 Å². The van der Waals surface area contributed by atoms with Crippen LogP contribution in [0, 0.1) is 0 Å². The lowest BCUT2D eigenvalue weighted by Crippen LogP contribution is -2.12. The van der Waals surface area contributed by atoms with Gasteiger partial charge in [0.2, 0.25) is 0 Å². The highest BCUT2D eigenvalue weighted by molar-refractivity contribution is 5.92. The van der Waals surface area contributed by atoms with Gasteiger partial charge in [-0.2, -0.15) is 0 Å². The fourth-order valence-corrected chi connectivity index (χ4v) is 3.44. The van der Waals surface area contributed by atoms with Gasteiger partial charge in [0, 0.05) is 12.2 Å². The fourth-order valence-electron chi connectivity index (χ4n) is 3.44. The van der Waals surface area contributed by atoms with E-state index in [1.165, 1.54) is 24.3 Å². The van der Waals surface area contributed by atoms with Crippen LogP contribution in [0.15, 0.2) is 98.1 Å². The van der Waals surface area contributed by atoms with Crippen molar-refractivity contribution in [2.75, 3.05) is 52.9 Å². The second kappa shape index (κ2) is 19.7. The van der Waals surface area contributed by atoms with Gasteiger partial charge in [-0.05, 0) is 72.8 Å². The number of hydrogen-bond acceptors (Lipinski definition) is 12. The second-order valence-electron chi connectivity index (χ2n) is 8.96. The average Bonchev–Trinajstić information content (AvgIpc) is 3.08. The van der Waals surface area contributed by atoms with Crippen LogP contribution < -0.4 is 18.9 Å². The molecule has 0 spiro atoms. The zero-order valence-corrected chi connectivity index (χ0v) is 25.1. The fraction of sp³-hybridized carbons (Fsp3) is 0.235. The van der Waals surface area contributed by atoms with Crippen LogP contribution in [-0.4, -0.2) is 76.7 Å². The molecule has 0 saturated carbocycles. The maximum atomic E-state index is 12.6. The minimum Gasteiger partial charge on any atom is -0.491 e. The van der Waals surface area contributed by atoms with Gasteiger partial charge in [0.15, 0.2) is 0 Å². The number of esters is 4. The predicted molar refractivity (Wildman–Crippen MR) is 164 cm³/mol. The first-order valence-corrected chi connectivity index (χ1v) is 14.1. The van der Waals surface area contributed by atoms with Crippen LogP contribution in [-0.2, 0) is 28.5 Å². The van der Waals surface area contributed by atoms with Crippen molar-refractivity contribution >= 4 is 23.9 Å². The normalized spacial score (nSPS) is 10.3. The van der Waals surface area contributed by atoms with E-state index in [2.05, 4.69) is 13.2 Å². The van der Waals surface area contributed by atoms with Crippen LogP contribution in [0.25, 0.3) is 0 Å². The predicted octanol–water partition coefficient (Wildman–Crippen LogP) is 4.37. The van der Waals surface area contributed by atoms with Gasteiger partial charge in [0.25, 0.3) is 0 Å². The summed E-state index contributed by atoms with van der Waals surface area (Å²) < 4.78 is 42.1. The summed E-state index contributed by atoms with van der Waals surface area (Å²) in [6.45, 7) is 8.48. The molecule has 0 aliphatic carbocycles. The van der Waals surface area contributed by atoms with E-state index < -0.39 is 23.9 Å². The van der Waals surface area contributed by atoms with Crippen LogP contribution >= 0.6 is 0 Å². The van der Waals surface area contributed by atoms with E-state index in [1.807, 2.05) is 0 Å². The summed E-state index contributed by atoms with van der Waals surface area (Å²) in [5, 5.41) is 0. The van der Waals surface area contributed by atoms with Crippen LogP contribution in [0.2, 0.25) is 0 Å². The molecule has 0 bridgehead atoms. The Hall–Kier alpha value is -5.46. The molecule has 12 heteroatoms. The zero-order valence-electron chi connectivity index (χ0n) is 25.1. The number of ether oxygens (including phenoxy) is 8. The Balaban J connectivity index is 1.34. The molecule has 242 valence electrons. The van der Waals surface area contributed by atoms with E-state index in [0.717, 1.165) is 12.2 Å². The number of benzene rings is 3. The highest BCUT2D eigenvalue weighted by Crippen LogP contribution is 2.21. The molecule has 0 heterocycles. The van der Waals surface area contributed by atoms with Crippen molar-refractivity contribution in [2.45, 2.75) is 0 Å². The molecular formula is C34H34O12. The van der Waals surface area contributed by atoms with Crippen molar-refractivity contribution in [3.63, 3.8) is 0 Å². The lowest BCUT2D eigenvalue weighted by molar-refractivity contribution is -0.140. The molecule has 3 aromatic rings.